The summed E-state index contributed by atoms with van der Waals surface area (Å²) in [5.41, 5.74) is 8.10. The van der Waals surface area contributed by atoms with Gasteiger partial charge < -0.3 is 5.73 Å². The van der Waals surface area contributed by atoms with E-state index in [0.29, 0.717) is 17.2 Å². The van der Waals surface area contributed by atoms with Crippen molar-refractivity contribution in [1.82, 2.24) is 20.0 Å². The van der Waals surface area contributed by atoms with Crippen LogP contribution in [0.2, 0.25) is 0 Å². The molecule has 0 fully saturated rings. The third kappa shape index (κ3) is 2.03. The minimum absolute atomic E-state index is 0.309. The van der Waals surface area contributed by atoms with Gasteiger partial charge in [0, 0.05) is 18.0 Å². The second-order valence-corrected chi connectivity index (χ2v) is 3.95. The lowest BCUT2D eigenvalue weighted by Crippen LogP contribution is -2.02. The van der Waals surface area contributed by atoms with E-state index in [9.17, 15) is 4.39 Å². The number of nitrogens with two attached hydrogens (primary N) is 1. The molecule has 19 heavy (non-hydrogen) atoms. The first kappa shape index (κ1) is 11.3. The molecule has 0 aliphatic carbocycles. The lowest BCUT2D eigenvalue weighted by Gasteiger charge is -2.03. The van der Waals surface area contributed by atoms with Crippen molar-refractivity contribution in [2.75, 3.05) is 5.73 Å². The van der Waals surface area contributed by atoms with Gasteiger partial charge in [-0.25, -0.2) is 4.39 Å². The maximum absolute atomic E-state index is 12.9. The molecule has 0 aliphatic heterocycles. The monoisotopic (exact) mass is 255 g/mol. The van der Waals surface area contributed by atoms with E-state index < -0.39 is 0 Å². The fourth-order valence-electron chi connectivity index (χ4n) is 1.78. The standard InChI is InChI=1S/C13H10FN5/c14-10-1-3-11(4-2-10)19-13(15)12(17-18-19)9-5-7-16-8-6-9/h1-8H,15H2. The maximum atomic E-state index is 12.9. The van der Waals surface area contributed by atoms with Crippen LogP contribution < -0.4 is 5.73 Å². The van der Waals surface area contributed by atoms with Gasteiger partial charge in [0.15, 0.2) is 5.82 Å². The Morgan fingerprint density at radius 3 is 2.37 bits per heavy atom. The molecule has 0 aliphatic rings. The van der Waals surface area contributed by atoms with E-state index in [-0.39, 0.29) is 5.82 Å². The van der Waals surface area contributed by atoms with Crippen molar-refractivity contribution in [1.29, 1.82) is 0 Å². The van der Waals surface area contributed by atoms with E-state index in [1.807, 2.05) is 0 Å². The number of rotatable bonds is 2. The predicted octanol–water partition coefficient (Wildman–Crippen LogP) is 2.05. The highest BCUT2D eigenvalue weighted by atomic mass is 19.1. The molecule has 2 N–H and O–H groups in total. The molecule has 2 heterocycles. The summed E-state index contributed by atoms with van der Waals surface area (Å²) in [6, 6.07) is 9.49. The summed E-state index contributed by atoms with van der Waals surface area (Å²) in [4.78, 5) is 3.94. The SMILES string of the molecule is Nc1c(-c2ccncc2)nnn1-c1ccc(F)cc1. The van der Waals surface area contributed by atoms with Crippen LogP contribution >= 0.6 is 0 Å². The largest absolute Gasteiger partial charge is 0.382 e. The van der Waals surface area contributed by atoms with Crippen molar-refractivity contribution in [2.24, 2.45) is 0 Å². The summed E-state index contributed by atoms with van der Waals surface area (Å²) >= 11 is 0. The number of benzene rings is 1. The van der Waals surface area contributed by atoms with Gasteiger partial charge in [0.25, 0.3) is 0 Å². The fourth-order valence-corrected chi connectivity index (χ4v) is 1.78. The third-order valence-corrected chi connectivity index (χ3v) is 2.73. The average molecular weight is 255 g/mol. The van der Waals surface area contributed by atoms with Gasteiger partial charge >= 0.3 is 0 Å². The molecule has 0 unspecified atom stereocenters. The maximum Gasteiger partial charge on any atom is 0.155 e. The van der Waals surface area contributed by atoms with Crippen molar-refractivity contribution >= 4 is 5.82 Å². The van der Waals surface area contributed by atoms with Crippen molar-refractivity contribution in [3.05, 3.63) is 54.6 Å². The molecule has 3 aromatic rings. The van der Waals surface area contributed by atoms with Crippen molar-refractivity contribution < 1.29 is 4.39 Å². The van der Waals surface area contributed by atoms with Crippen molar-refractivity contribution in [2.45, 2.75) is 0 Å². The lowest BCUT2D eigenvalue weighted by atomic mass is 10.2. The molecule has 0 saturated heterocycles. The second kappa shape index (κ2) is 4.49. The zero-order valence-corrected chi connectivity index (χ0v) is 9.86. The van der Waals surface area contributed by atoms with E-state index >= 15 is 0 Å². The molecule has 0 spiro atoms. The molecule has 0 amide bonds. The normalized spacial score (nSPS) is 10.6. The van der Waals surface area contributed by atoms with Crippen molar-refractivity contribution in [3.63, 3.8) is 0 Å². The van der Waals surface area contributed by atoms with Gasteiger partial charge in [-0.05, 0) is 36.4 Å². The highest BCUT2D eigenvalue weighted by Gasteiger charge is 2.12. The zero-order valence-electron chi connectivity index (χ0n) is 9.86. The molecule has 0 saturated carbocycles. The van der Waals surface area contributed by atoms with E-state index in [4.69, 9.17) is 5.73 Å². The summed E-state index contributed by atoms with van der Waals surface area (Å²) < 4.78 is 14.4. The minimum atomic E-state index is -0.309. The number of hydrogen-bond acceptors (Lipinski definition) is 4. The first-order valence-electron chi connectivity index (χ1n) is 5.63. The second-order valence-electron chi connectivity index (χ2n) is 3.95. The van der Waals surface area contributed by atoms with Gasteiger partial charge in [-0.15, -0.1) is 5.10 Å². The summed E-state index contributed by atoms with van der Waals surface area (Å²) in [7, 11) is 0. The Kier molecular flexibility index (Phi) is 2.68. The Bertz CT molecular complexity index is 691. The highest BCUT2D eigenvalue weighted by molar-refractivity contribution is 5.70. The molecule has 0 radical (unpaired) electrons. The van der Waals surface area contributed by atoms with Crippen LogP contribution in [0, 0.1) is 5.82 Å². The minimum Gasteiger partial charge on any atom is -0.382 e. The third-order valence-electron chi connectivity index (χ3n) is 2.73. The van der Waals surface area contributed by atoms with E-state index in [1.165, 1.54) is 16.8 Å². The molecule has 3 rings (SSSR count). The van der Waals surface area contributed by atoms with Crippen LogP contribution in [0.15, 0.2) is 48.8 Å². The Hall–Kier alpha value is -2.76. The number of nitrogen functional groups attached to an aromatic ring is 1. The fraction of sp³-hybridized carbons (Fsp3) is 0. The van der Waals surface area contributed by atoms with Gasteiger partial charge in [0.2, 0.25) is 0 Å². The van der Waals surface area contributed by atoms with Crippen molar-refractivity contribution in [3.8, 4) is 16.9 Å². The summed E-state index contributed by atoms with van der Waals surface area (Å²) in [5.74, 6) is 0.0922. The van der Waals surface area contributed by atoms with E-state index in [0.717, 1.165) is 5.56 Å². The first-order chi connectivity index (χ1) is 9.25. The Labute approximate surface area is 108 Å². The quantitative estimate of drug-likeness (QED) is 0.760. The molecular formula is C13H10FN5. The molecule has 0 atom stereocenters. The van der Waals surface area contributed by atoms with Crippen LogP contribution in [0.25, 0.3) is 16.9 Å². The van der Waals surface area contributed by atoms with E-state index in [2.05, 4.69) is 15.3 Å². The van der Waals surface area contributed by atoms with Crippen LogP contribution in [0.1, 0.15) is 0 Å². The molecular weight excluding hydrogens is 245 g/mol. The predicted molar refractivity (Wildman–Crippen MR) is 69.0 cm³/mol. The number of anilines is 1. The number of halogens is 1. The van der Waals surface area contributed by atoms with Crippen LogP contribution in [0.3, 0.4) is 0 Å². The number of aromatic nitrogens is 4. The van der Waals surface area contributed by atoms with Gasteiger partial charge in [-0.2, -0.15) is 4.68 Å². The lowest BCUT2D eigenvalue weighted by molar-refractivity contribution is 0.627. The molecule has 1 aromatic carbocycles. The highest BCUT2D eigenvalue weighted by Crippen LogP contribution is 2.24. The van der Waals surface area contributed by atoms with Gasteiger partial charge in [-0.3, -0.25) is 4.98 Å². The summed E-state index contributed by atoms with van der Waals surface area (Å²) in [6.07, 6.45) is 3.32. The first-order valence-corrected chi connectivity index (χ1v) is 5.63. The van der Waals surface area contributed by atoms with Crippen LogP contribution in [-0.4, -0.2) is 20.0 Å². The molecule has 94 valence electrons. The van der Waals surface area contributed by atoms with Crippen LogP contribution in [-0.2, 0) is 0 Å². The van der Waals surface area contributed by atoms with Crippen LogP contribution in [0.4, 0.5) is 10.2 Å². The zero-order chi connectivity index (χ0) is 13.2. The van der Waals surface area contributed by atoms with Crippen LogP contribution in [0.5, 0.6) is 0 Å². The number of hydrogen-bond donors (Lipinski definition) is 1. The molecule has 0 bridgehead atoms. The Balaban J connectivity index is 2.06. The Morgan fingerprint density at radius 1 is 1.00 bits per heavy atom. The topological polar surface area (TPSA) is 69.6 Å². The van der Waals surface area contributed by atoms with Gasteiger partial charge in [0.1, 0.15) is 11.5 Å². The molecule has 5 nitrogen and oxygen atoms in total. The van der Waals surface area contributed by atoms with Gasteiger partial charge in [0.05, 0.1) is 5.69 Å². The summed E-state index contributed by atoms with van der Waals surface area (Å²) in [6.45, 7) is 0. The van der Waals surface area contributed by atoms with Gasteiger partial charge in [-0.1, -0.05) is 5.21 Å². The molecule has 6 heteroatoms. The molecule has 2 aromatic heterocycles. The van der Waals surface area contributed by atoms with E-state index in [1.54, 1.807) is 36.7 Å². The number of pyridine rings is 1. The number of nitrogens with zero attached hydrogens (tertiary/aromatic N) is 4. The average Bonchev–Trinajstić information content (AvgIpc) is 2.83. The Morgan fingerprint density at radius 2 is 1.68 bits per heavy atom. The smallest absolute Gasteiger partial charge is 0.155 e. The summed E-state index contributed by atoms with van der Waals surface area (Å²) in [5, 5.41) is 8.04.